The molecule has 0 aliphatic carbocycles. The van der Waals surface area contributed by atoms with Gasteiger partial charge in [-0.25, -0.2) is 0 Å². The van der Waals surface area contributed by atoms with Gasteiger partial charge in [0.1, 0.15) is 6.23 Å². The van der Waals surface area contributed by atoms with Crippen molar-refractivity contribution in [2.24, 2.45) is 5.73 Å². The molecule has 0 bridgehead atoms. The maximum atomic E-state index is 9.64. The summed E-state index contributed by atoms with van der Waals surface area (Å²) in [5.41, 5.74) is 6.29. The highest BCUT2D eigenvalue weighted by Crippen LogP contribution is 2.02. The minimum absolute atomic E-state index is 0.184. The number of aliphatic hydroxyl groups is 1. The van der Waals surface area contributed by atoms with Crippen molar-refractivity contribution in [3.05, 3.63) is 24.3 Å². The fourth-order valence-electron chi connectivity index (χ4n) is 1.36. The Balaban J connectivity index is 3.35. The molecule has 0 saturated heterocycles. The predicted octanol–water partition coefficient (Wildman–Crippen LogP) is 1.19. The predicted molar refractivity (Wildman–Crippen MR) is 82.5 cm³/mol. The molecule has 118 valence electrons. The summed E-state index contributed by atoms with van der Waals surface area (Å²) in [5.74, 6) is 0. The Morgan fingerprint density at radius 3 is 2.45 bits per heavy atom. The second-order valence-electron chi connectivity index (χ2n) is 5.39. The molecule has 0 aliphatic rings. The van der Waals surface area contributed by atoms with E-state index in [1.54, 1.807) is 6.08 Å². The van der Waals surface area contributed by atoms with Crippen molar-refractivity contribution in [2.75, 3.05) is 33.0 Å². The second kappa shape index (κ2) is 11.0. The lowest BCUT2D eigenvalue weighted by Gasteiger charge is -2.17. The highest BCUT2D eigenvalue weighted by molar-refractivity contribution is 5.17. The van der Waals surface area contributed by atoms with Crippen LogP contribution in [-0.2, 0) is 9.47 Å². The van der Waals surface area contributed by atoms with Crippen LogP contribution >= 0.6 is 0 Å². The summed E-state index contributed by atoms with van der Waals surface area (Å²) in [6, 6.07) is 0. The Bertz CT molecular complexity index is 285. The molecule has 0 amide bonds. The van der Waals surface area contributed by atoms with Crippen molar-refractivity contribution >= 4 is 0 Å². The van der Waals surface area contributed by atoms with Crippen molar-refractivity contribution in [2.45, 2.75) is 39.0 Å². The lowest BCUT2D eigenvalue weighted by atomic mass is 10.0. The Labute approximate surface area is 122 Å². The van der Waals surface area contributed by atoms with Crippen LogP contribution in [0.2, 0.25) is 0 Å². The number of nitrogens with two attached hydrogens (primary N) is 1. The van der Waals surface area contributed by atoms with Gasteiger partial charge in [0.05, 0.1) is 19.8 Å². The van der Waals surface area contributed by atoms with Crippen molar-refractivity contribution in [3.8, 4) is 0 Å². The summed E-state index contributed by atoms with van der Waals surface area (Å²) < 4.78 is 10.8. The van der Waals surface area contributed by atoms with Crippen LogP contribution in [0.25, 0.3) is 0 Å². The number of rotatable bonds is 12. The van der Waals surface area contributed by atoms with E-state index >= 15 is 0 Å². The molecule has 0 aromatic heterocycles. The van der Waals surface area contributed by atoms with E-state index in [-0.39, 0.29) is 5.54 Å². The van der Waals surface area contributed by atoms with Gasteiger partial charge in [-0.2, -0.15) is 0 Å². The smallest absolute Gasteiger partial charge is 0.130 e. The van der Waals surface area contributed by atoms with Crippen molar-refractivity contribution in [1.82, 2.24) is 5.32 Å². The first-order valence-electron chi connectivity index (χ1n) is 7.04. The molecule has 0 aromatic rings. The van der Waals surface area contributed by atoms with E-state index in [2.05, 4.69) is 11.9 Å². The standard InChI is InChI=1S/C15H30N2O3/c1-5-6-13(2)14(18)17-8-10-20-12-11-19-9-7-15(3,4)16/h5-6,14,17-18H,2,7-12,16H2,1,3-4H3/b6-5-. The first kappa shape index (κ1) is 19.3. The van der Waals surface area contributed by atoms with Gasteiger partial charge in [0, 0.05) is 18.7 Å². The van der Waals surface area contributed by atoms with Crippen LogP contribution < -0.4 is 11.1 Å². The van der Waals surface area contributed by atoms with Crippen LogP contribution in [0.3, 0.4) is 0 Å². The highest BCUT2D eigenvalue weighted by Gasteiger charge is 2.09. The summed E-state index contributed by atoms with van der Waals surface area (Å²) >= 11 is 0. The molecule has 1 unspecified atom stereocenters. The molecule has 4 N–H and O–H groups in total. The molecule has 1 atom stereocenters. The lowest BCUT2D eigenvalue weighted by molar-refractivity contribution is 0.0402. The van der Waals surface area contributed by atoms with E-state index in [0.717, 1.165) is 6.42 Å². The average Bonchev–Trinajstić information content (AvgIpc) is 2.35. The number of allylic oxidation sites excluding steroid dienone is 1. The first-order chi connectivity index (χ1) is 9.37. The van der Waals surface area contributed by atoms with E-state index in [0.29, 0.717) is 38.5 Å². The zero-order chi connectivity index (χ0) is 15.4. The number of hydrogen-bond acceptors (Lipinski definition) is 5. The van der Waals surface area contributed by atoms with Crippen LogP contribution in [0.15, 0.2) is 24.3 Å². The van der Waals surface area contributed by atoms with Gasteiger partial charge in [-0.05, 0) is 32.8 Å². The van der Waals surface area contributed by atoms with E-state index < -0.39 is 6.23 Å². The molecule has 0 fully saturated rings. The third kappa shape index (κ3) is 12.3. The quantitative estimate of drug-likeness (QED) is 0.285. The molecular weight excluding hydrogens is 256 g/mol. The molecular formula is C15H30N2O3. The third-order valence-electron chi connectivity index (χ3n) is 2.58. The Morgan fingerprint density at radius 2 is 1.90 bits per heavy atom. The number of hydrogen-bond donors (Lipinski definition) is 3. The van der Waals surface area contributed by atoms with Gasteiger partial charge in [0.25, 0.3) is 0 Å². The van der Waals surface area contributed by atoms with Crippen molar-refractivity contribution < 1.29 is 14.6 Å². The number of ether oxygens (including phenoxy) is 2. The molecule has 5 heteroatoms. The van der Waals surface area contributed by atoms with Crippen molar-refractivity contribution in [1.29, 1.82) is 0 Å². The van der Waals surface area contributed by atoms with Crippen LogP contribution in [-0.4, -0.2) is 49.8 Å². The topological polar surface area (TPSA) is 76.7 Å². The van der Waals surface area contributed by atoms with E-state index in [9.17, 15) is 5.11 Å². The molecule has 0 aromatic carbocycles. The fraction of sp³-hybridized carbons (Fsp3) is 0.733. The van der Waals surface area contributed by atoms with Crippen molar-refractivity contribution in [3.63, 3.8) is 0 Å². The lowest BCUT2D eigenvalue weighted by Crippen LogP contribution is -2.33. The van der Waals surface area contributed by atoms with Gasteiger partial charge in [-0.15, -0.1) is 0 Å². The molecule has 0 rings (SSSR count). The SMILES string of the molecule is C=C(/C=C\C)C(O)NCCOCCOCCC(C)(C)N. The summed E-state index contributed by atoms with van der Waals surface area (Å²) in [6.45, 7) is 12.4. The Kier molecular flexibility index (Phi) is 10.6. The molecule has 0 heterocycles. The molecule has 0 saturated carbocycles. The maximum Gasteiger partial charge on any atom is 0.130 e. The van der Waals surface area contributed by atoms with Crippen LogP contribution in [0, 0.1) is 0 Å². The Morgan fingerprint density at radius 1 is 1.30 bits per heavy atom. The van der Waals surface area contributed by atoms with Crippen LogP contribution in [0.5, 0.6) is 0 Å². The maximum absolute atomic E-state index is 9.64. The highest BCUT2D eigenvalue weighted by atomic mass is 16.5. The number of nitrogens with one attached hydrogen (secondary N) is 1. The molecule has 5 nitrogen and oxygen atoms in total. The number of aliphatic hydroxyl groups excluding tert-OH is 1. The first-order valence-corrected chi connectivity index (χ1v) is 7.04. The van der Waals surface area contributed by atoms with E-state index in [1.165, 1.54) is 0 Å². The van der Waals surface area contributed by atoms with Gasteiger partial charge in [0.15, 0.2) is 0 Å². The normalized spacial score (nSPS) is 13.8. The minimum Gasteiger partial charge on any atom is -0.379 e. The average molecular weight is 286 g/mol. The zero-order valence-corrected chi connectivity index (χ0v) is 13.0. The molecule has 0 aliphatic heterocycles. The van der Waals surface area contributed by atoms with Gasteiger partial charge in [-0.3, -0.25) is 5.32 Å². The largest absolute Gasteiger partial charge is 0.379 e. The van der Waals surface area contributed by atoms with E-state index in [1.807, 2.05) is 26.8 Å². The fourth-order valence-corrected chi connectivity index (χ4v) is 1.36. The van der Waals surface area contributed by atoms with Gasteiger partial charge < -0.3 is 20.3 Å². The zero-order valence-electron chi connectivity index (χ0n) is 13.0. The monoisotopic (exact) mass is 286 g/mol. The molecule has 0 spiro atoms. The van der Waals surface area contributed by atoms with Gasteiger partial charge in [0.2, 0.25) is 0 Å². The second-order valence-corrected chi connectivity index (χ2v) is 5.39. The summed E-state index contributed by atoms with van der Waals surface area (Å²) in [6.07, 6.45) is 3.71. The summed E-state index contributed by atoms with van der Waals surface area (Å²) in [7, 11) is 0. The summed E-state index contributed by atoms with van der Waals surface area (Å²) in [5, 5.41) is 12.6. The van der Waals surface area contributed by atoms with Crippen LogP contribution in [0.1, 0.15) is 27.2 Å². The molecule has 0 radical (unpaired) electrons. The van der Waals surface area contributed by atoms with E-state index in [4.69, 9.17) is 15.2 Å². The summed E-state index contributed by atoms with van der Waals surface area (Å²) in [4.78, 5) is 0. The van der Waals surface area contributed by atoms with Crippen LogP contribution in [0.4, 0.5) is 0 Å². The Hall–Kier alpha value is -0.720. The minimum atomic E-state index is -0.724. The van der Waals surface area contributed by atoms with Gasteiger partial charge in [-0.1, -0.05) is 18.7 Å². The third-order valence-corrected chi connectivity index (χ3v) is 2.58. The van der Waals surface area contributed by atoms with Gasteiger partial charge >= 0.3 is 0 Å². The molecule has 20 heavy (non-hydrogen) atoms.